The van der Waals surface area contributed by atoms with Crippen molar-refractivity contribution in [2.24, 2.45) is 0 Å². The van der Waals surface area contributed by atoms with Crippen LogP contribution in [0.3, 0.4) is 0 Å². The van der Waals surface area contributed by atoms with Gasteiger partial charge in [0.1, 0.15) is 12.3 Å². The van der Waals surface area contributed by atoms with Crippen molar-refractivity contribution in [1.29, 1.82) is 0 Å². The van der Waals surface area contributed by atoms with Gasteiger partial charge in [0.05, 0.1) is 5.56 Å². The number of nitrogens with one attached hydrogen (secondary N) is 1. The number of amides is 1. The zero-order valence-corrected chi connectivity index (χ0v) is 12.6. The minimum Gasteiger partial charge on any atom is -0.478 e. The van der Waals surface area contributed by atoms with E-state index in [0.29, 0.717) is 17.6 Å². The topological polar surface area (TPSA) is 118 Å². The predicted octanol–water partition coefficient (Wildman–Crippen LogP) is 2.51. The van der Waals surface area contributed by atoms with Crippen LogP contribution in [0.5, 0.6) is 0 Å². The highest BCUT2D eigenvalue weighted by molar-refractivity contribution is 5.95. The highest BCUT2D eigenvalue weighted by atomic mass is 16.5. The number of carbonyl (C=O) groups is 2. The minimum absolute atomic E-state index is 0.0789. The fourth-order valence-corrected chi connectivity index (χ4v) is 2.67. The third-order valence-corrected chi connectivity index (χ3v) is 3.97. The molecule has 1 amide bonds. The smallest absolute Gasteiger partial charge is 0.338 e. The van der Waals surface area contributed by atoms with Crippen molar-refractivity contribution >= 4 is 11.9 Å². The van der Waals surface area contributed by atoms with Crippen LogP contribution in [0.1, 0.15) is 77.2 Å². The molecule has 8 heteroatoms. The Balaban J connectivity index is 1.64. The predicted molar refractivity (Wildman–Crippen MR) is 77.1 cm³/mol. The number of aromatic nitrogens is 2. The van der Waals surface area contributed by atoms with Crippen LogP contribution in [0.15, 0.2) is 21.3 Å². The lowest BCUT2D eigenvalue weighted by atomic mass is 10.1. The summed E-state index contributed by atoms with van der Waals surface area (Å²) in [6.07, 6.45) is 5.48. The van der Waals surface area contributed by atoms with Gasteiger partial charge in [0.15, 0.2) is 11.6 Å². The van der Waals surface area contributed by atoms with E-state index in [-0.39, 0.29) is 11.3 Å². The second-order valence-corrected chi connectivity index (χ2v) is 5.67. The lowest BCUT2D eigenvalue weighted by Gasteiger charge is -2.07. The monoisotopic (exact) mass is 319 g/mol. The molecule has 0 saturated heterocycles. The van der Waals surface area contributed by atoms with Gasteiger partial charge in [0.2, 0.25) is 5.89 Å². The first kappa shape index (κ1) is 15.3. The van der Waals surface area contributed by atoms with Gasteiger partial charge in [-0.25, -0.2) is 4.79 Å². The lowest BCUT2D eigenvalue weighted by molar-refractivity contribution is 0.0695. The molecule has 0 bridgehead atoms. The van der Waals surface area contributed by atoms with Crippen LogP contribution < -0.4 is 5.32 Å². The van der Waals surface area contributed by atoms with Crippen molar-refractivity contribution in [3.05, 3.63) is 35.4 Å². The van der Waals surface area contributed by atoms with Crippen molar-refractivity contribution in [3.63, 3.8) is 0 Å². The first-order valence-electron chi connectivity index (χ1n) is 7.51. The number of hydrogen-bond donors (Lipinski definition) is 2. The number of aromatic carboxylic acids is 1. The van der Waals surface area contributed by atoms with Gasteiger partial charge < -0.3 is 19.4 Å². The number of furan rings is 1. The molecule has 1 fully saturated rings. The second-order valence-electron chi connectivity index (χ2n) is 5.67. The van der Waals surface area contributed by atoms with Gasteiger partial charge in [-0.1, -0.05) is 18.0 Å². The van der Waals surface area contributed by atoms with Crippen LogP contribution in [-0.4, -0.2) is 27.1 Å². The number of hydrogen-bond acceptors (Lipinski definition) is 6. The van der Waals surface area contributed by atoms with E-state index in [0.717, 1.165) is 19.1 Å². The molecular formula is C15H17N3O5. The molecule has 0 aromatic carbocycles. The summed E-state index contributed by atoms with van der Waals surface area (Å²) >= 11 is 0. The Labute approximate surface area is 131 Å². The maximum absolute atomic E-state index is 12.0. The number of carboxylic acids is 1. The van der Waals surface area contributed by atoms with Crippen LogP contribution in [0.2, 0.25) is 0 Å². The molecule has 0 radical (unpaired) electrons. The van der Waals surface area contributed by atoms with E-state index in [1.54, 1.807) is 6.92 Å². The molecule has 2 heterocycles. The maximum atomic E-state index is 12.0. The van der Waals surface area contributed by atoms with Gasteiger partial charge >= 0.3 is 5.97 Å². The van der Waals surface area contributed by atoms with E-state index >= 15 is 0 Å². The van der Waals surface area contributed by atoms with E-state index in [1.165, 1.54) is 18.9 Å². The number of nitrogens with zero attached hydrogens (tertiary/aromatic N) is 2. The van der Waals surface area contributed by atoms with Crippen molar-refractivity contribution < 1.29 is 23.6 Å². The highest BCUT2D eigenvalue weighted by Gasteiger charge is 2.25. The Kier molecular flexibility index (Phi) is 4.14. The summed E-state index contributed by atoms with van der Waals surface area (Å²) in [5.74, 6) is -0.428. The summed E-state index contributed by atoms with van der Waals surface area (Å²) < 4.78 is 10.2. The molecule has 2 N–H and O–H groups in total. The Bertz CT molecular complexity index is 714. The van der Waals surface area contributed by atoms with Crippen LogP contribution in [-0.2, 0) is 0 Å². The largest absolute Gasteiger partial charge is 0.478 e. The van der Waals surface area contributed by atoms with Crippen molar-refractivity contribution in [2.45, 2.75) is 44.6 Å². The summed E-state index contributed by atoms with van der Waals surface area (Å²) in [6.45, 7) is 1.71. The van der Waals surface area contributed by atoms with Crippen molar-refractivity contribution in [3.8, 4) is 0 Å². The maximum Gasteiger partial charge on any atom is 0.338 e. The van der Waals surface area contributed by atoms with Gasteiger partial charge in [0.25, 0.3) is 5.91 Å². The SMILES string of the molecule is C[C@H](NC(=O)c1cc(C(=O)O)co1)c1nc(C2CCCC2)no1. The standard InChI is InChI=1S/C15H17N3O5/c1-8(14-17-12(18-23-14)9-4-2-3-5-9)16-13(19)11-6-10(7-22-11)15(20)21/h6-9H,2-5H2,1H3,(H,16,19)(H,20,21)/t8-/m0/s1. The quantitative estimate of drug-likeness (QED) is 0.869. The van der Waals surface area contributed by atoms with Crippen LogP contribution in [0.25, 0.3) is 0 Å². The number of rotatable bonds is 5. The fourth-order valence-electron chi connectivity index (χ4n) is 2.67. The fraction of sp³-hybridized carbons (Fsp3) is 0.467. The number of carbonyl (C=O) groups excluding carboxylic acids is 1. The lowest BCUT2D eigenvalue weighted by Crippen LogP contribution is -2.26. The summed E-state index contributed by atoms with van der Waals surface area (Å²) in [4.78, 5) is 27.2. The van der Waals surface area contributed by atoms with Crippen molar-refractivity contribution in [2.75, 3.05) is 0 Å². The average molecular weight is 319 g/mol. The third-order valence-electron chi connectivity index (χ3n) is 3.97. The van der Waals surface area contributed by atoms with Gasteiger partial charge in [-0.2, -0.15) is 4.98 Å². The Morgan fingerprint density at radius 1 is 1.39 bits per heavy atom. The Morgan fingerprint density at radius 2 is 2.13 bits per heavy atom. The minimum atomic E-state index is -1.15. The van der Waals surface area contributed by atoms with E-state index < -0.39 is 17.9 Å². The van der Waals surface area contributed by atoms with E-state index in [4.69, 9.17) is 14.0 Å². The summed E-state index contributed by atoms with van der Waals surface area (Å²) in [7, 11) is 0. The Morgan fingerprint density at radius 3 is 2.78 bits per heavy atom. The molecule has 0 unspecified atom stereocenters. The molecule has 0 aliphatic heterocycles. The van der Waals surface area contributed by atoms with E-state index in [1.807, 2.05) is 0 Å². The molecule has 1 saturated carbocycles. The van der Waals surface area contributed by atoms with E-state index in [9.17, 15) is 9.59 Å². The summed E-state index contributed by atoms with van der Waals surface area (Å²) in [5.41, 5.74) is -0.0795. The molecule has 1 atom stereocenters. The number of carboxylic acid groups (broad SMARTS) is 1. The van der Waals surface area contributed by atoms with Crippen molar-refractivity contribution in [1.82, 2.24) is 15.5 Å². The molecular weight excluding hydrogens is 302 g/mol. The summed E-state index contributed by atoms with van der Waals surface area (Å²) in [5, 5.41) is 15.5. The summed E-state index contributed by atoms with van der Waals surface area (Å²) in [6, 6.07) is 0.672. The zero-order chi connectivity index (χ0) is 16.4. The van der Waals surface area contributed by atoms with Gasteiger partial charge in [-0.15, -0.1) is 0 Å². The second kappa shape index (κ2) is 6.23. The first-order chi connectivity index (χ1) is 11.0. The molecule has 2 aromatic rings. The highest BCUT2D eigenvalue weighted by Crippen LogP contribution is 2.32. The molecule has 2 aromatic heterocycles. The molecule has 23 heavy (non-hydrogen) atoms. The average Bonchev–Trinajstić information content (AvgIpc) is 3.26. The molecule has 0 spiro atoms. The molecule has 3 rings (SSSR count). The van der Waals surface area contributed by atoms with Gasteiger partial charge in [0, 0.05) is 12.0 Å². The van der Waals surface area contributed by atoms with Gasteiger partial charge in [-0.3, -0.25) is 4.79 Å². The van der Waals surface area contributed by atoms with Crippen LogP contribution in [0, 0.1) is 0 Å². The molecule has 8 nitrogen and oxygen atoms in total. The van der Waals surface area contributed by atoms with E-state index in [2.05, 4.69) is 15.5 Å². The normalized spacial score (nSPS) is 16.4. The Hall–Kier alpha value is -2.64. The third kappa shape index (κ3) is 3.25. The van der Waals surface area contributed by atoms with Gasteiger partial charge in [-0.05, 0) is 19.8 Å². The zero-order valence-electron chi connectivity index (χ0n) is 12.6. The molecule has 1 aliphatic rings. The molecule has 1 aliphatic carbocycles. The molecule has 122 valence electrons. The first-order valence-corrected chi connectivity index (χ1v) is 7.51. The van der Waals surface area contributed by atoms with Crippen LogP contribution >= 0.6 is 0 Å². The van der Waals surface area contributed by atoms with Crippen LogP contribution in [0.4, 0.5) is 0 Å².